The smallest absolute Gasteiger partial charge is 0.317 e. The van der Waals surface area contributed by atoms with E-state index in [0.717, 1.165) is 25.3 Å². The summed E-state index contributed by atoms with van der Waals surface area (Å²) in [6, 6.07) is 4.88. The number of hydrogen-bond acceptors (Lipinski definition) is 3. The minimum absolute atomic E-state index is 0.0125. The number of rotatable bonds is 2. The van der Waals surface area contributed by atoms with Gasteiger partial charge in [-0.3, -0.25) is 4.90 Å². The lowest BCUT2D eigenvalue weighted by Gasteiger charge is -2.25. The highest BCUT2D eigenvalue weighted by Gasteiger charge is 2.35. The van der Waals surface area contributed by atoms with Gasteiger partial charge in [0, 0.05) is 25.2 Å². The number of carbonyl (C=O) groups is 1. The first-order chi connectivity index (χ1) is 9.63. The van der Waals surface area contributed by atoms with Crippen LogP contribution < -0.4 is 5.32 Å². The van der Waals surface area contributed by atoms with Gasteiger partial charge in [0.15, 0.2) is 4.67 Å². The molecule has 2 fully saturated rings. The molecule has 6 heteroatoms. The van der Waals surface area contributed by atoms with Gasteiger partial charge in [0.05, 0.1) is 6.54 Å². The number of fused-ring (bicyclic) bond motifs is 2. The minimum Gasteiger partial charge on any atom is -0.452 e. The summed E-state index contributed by atoms with van der Waals surface area (Å²) in [5.41, 5.74) is 0. The van der Waals surface area contributed by atoms with Crippen LogP contribution in [-0.4, -0.2) is 48.1 Å². The second-order valence-corrected chi connectivity index (χ2v) is 6.43. The molecule has 20 heavy (non-hydrogen) atoms. The fourth-order valence-electron chi connectivity index (χ4n) is 3.21. The van der Waals surface area contributed by atoms with Gasteiger partial charge in [0.1, 0.15) is 5.76 Å². The Balaban J connectivity index is 1.55. The number of urea groups is 1. The Labute approximate surface area is 127 Å². The van der Waals surface area contributed by atoms with E-state index in [1.54, 1.807) is 0 Å². The summed E-state index contributed by atoms with van der Waals surface area (Å²) < 4.78 is 6.08. The molecule has 0 spiro atoms. The van der Waals surface area contributed by atoms with E-state index in [1.165, 1.54) is 12.8 Å². The molecule has 3 heterocycles. The highest BCUT2D eigenvalue weighted by atomic mass is 79.9. The maximum absolute atomic E-state index is 12.3. The van der Waals surface area contributed by atoms with Gasteiger partial charge in [-0.1, -0.05) is 0 Å². The maximum Gasteiger partial charge on any atom is 0.317 e. The van der Waals surface area contributed by atoms with Gasteiger partial charge in [-0.05, 0) is 54.4 Å². The first kappa shape index (κ1) is 13.9. The zero-order valence-electron chi connectivity index (χ0n) is 11.6. The lowest BCUT2D eigenvalue weighted by molar-refractivity contribution is 0.187. The molecule has 2 aliphatic rings. The van der Waals surface area contributed by atoms with Gasteiger partial charge in [-0.15, -0.1) is 0 Å². The number of amides is 2. The average molecular weight is 342 g/mol. The lowest BCUT2D eigenvalue weighted by atomic mass is 10.1. The van der Waals surface area contributed by atoms with Crippen molar-refractivity contribution in [2.24, 2.45) is 0 Å². The molecule has 2 atom stereocenters. The summed E-state index contributed by atoms with van der Waals surface area (Å²) in [6.45, 7) is 2.12. The molecule has 5 nitrogen and oxygen atoms in total. The molecule has 2 unspecified atom stereocenters. The predicted octanol–water partition coefficient (Wildman–Crippen LogP) is 2.42. The topological polar surface area (TPSA) is 48.7 Å². The van der Waals surface area contributed by atoms with Crippen LogP contribution in [0.25, 0.3) is 0 Å². The van der Waals surface area contributed by atoms with Crippen LogP contribution in [0, 0.1) is 0 Å². The Morgan fingerprint density at radius 3 is 2.95 bits per heavy atom. The van der Waals surface area contributed by atoms with Crippen molar-refractivity contribution in [2.45, 2.75) is 37.9 Å². The van der Waals surface area contributed by atoms with Crippen LogP contribution in [0.1, 0.15) is 25.0 Å². The van der Waals surface area contributed by atoms with Crippen LogP contribution >= 0.6 is 15.9 Å². The van der Waals surface area contributed by atoms with E-state index >= 15 is 0 Å². The molecule has 2 bridgehead atoms. The number of halogens is 1. The SMILES string of the molecule is CN1C2CCC1CN(C(=O)NCc1ccc(Br)o1)CC2. The van der Waals surface area contributed by atoms with Gasteiger partial charge in [0.25, 0.3) is 0 Å². The first-order valence-corrected chi connectivity index (χ1v) is 7.91. The monoisotopic (exact) mass is 341 g/mol. The highest BCUT2D eigenvalue weighted by molar-refractivity contribution is 9.10. The molecule has 0 aromatic carbocycles. The molecule has 2 aliphatic heterocycles. The molecule has 2 amide bonds. The van der Waals surface area contributed by atoms with Gasteiger partial charge in [-0.25, -0.2) is 4.79 Å². The normalized spacial score (nSPS) is 26.6. The number of furan rings is 1. The summed E-state index contributed by atoms with van der Waals surface area (Å²) in [6.07, 6.45) is 3.56. The molecule has 1 aromatic heterocycles. The third kappa shape index (κ3) is 2.86. The summed E-state index contributed by atoms with van der Waals surface area (Å²) in [5, 5.41) is 2.94. The average Bonchev–Trinajstić information content (AvgIpc) is 2.91. The van der Waals surface area contributed by atoms with E-state index in [0.29, 0.717) is 23.3 Å². The highest BCUT2D eigenvalue weighted by Crippen LogP contribution is 2.28. The van der Waals surface area contributed by atoms with Gasteiger partial charge < -0.3 is 14.6 Å². The summed E-state index contributed by atoms with van der Waals surface area (Å²) in [7, 11) is 2.18. The lowest BCUT2D eigenvalue weighted by Crippen LogP contribution is -2.44. The van der Waals surface area contributed by atoms with Crippen molar-refractivity contribution >= 4 is 22.0 Å². The molecular weight excluding hydrogens is 322 g/mol. The van der Waals surface area contributed by atoms with E-state index in [9.17, 15) is 4.79 Å². The molecule has 0 saturated carbocycles. The second kappa shape index (κ2) is 5.77. The van der Waals surface area contributed by atoms with Crippen LogP contribution in [0.2, 0.25) is 0 Å². The van der Waals surface area contributed by atoms with Crippen LogP contribution in [-0.2, 0) is 6.54 Å². The zero-order chi connectivity index (χ0) is 14.1. The first-order valence-electron chi connectivity index (χ1n) is 7.12. The van der Waals surface area contributed by atoms with Gasteiger partial charge in [-0.2, -0.15) is 0 Å². The maximum atomic E-state index is 12.3. The number of nitrogens with zero attached hydrogens (tertiary/aromatic N) is 2. The van der Waals surface area contributed by atoms with Gasteiger partial charge >= 0.3 is 6.03 Å². The van der Waals surface area contributed by atoms with Crippen molar-refractivity contribution < 1.29 is 9.21 Å². The van der Waals surface area contributed by atoms with E-state index in [4.69, 9.17) is 4.42 Å². The largest absolute Gasteiger partial charge is 0.452 e. The number of likely N-dealkylation sites (tertiary alicyclic amines) is 1. The molecule has 110 valence electrons. The van der Waals surface area contributed by atoms with Crippen molar-refractivity contribution in [3.8, 4) is 0 Å². The Bertz CT molecular complexity index is 491. The van der Waals surface area contributed by atoms with E-state index < -0.39 is 0 Å². The fraction of sp³-hybridized carbons (Fsp3) is 0.643. The molecule has 1 N–H and O–H groups in total. The van der Waals surface area contributed by atoms with Gasteiger partial charge in [0.2, 0.25) is 0 Å². The van der Waals surface area contributed by atoms with E-state index in [-0.39, 0.29) is 6.03 Å². The summed E-state index contributed by atoms with van der Waals surface area (Å²) >= 11 is 3.26. The molecule has 3 rings (SSSR count). The summed E-state index contributed by atoms with van der Waals surface area (Å²) in [5.74, 6) is 0.763. The Morgan fingerprint density at radius 2 is 2.20 bits per heavy atom. The van der Waals surface area contributed by atoms with Crippen LogP contribution in [0.5, 0.6) is 0 Å². The number of likely N-dealkylation sites (N-methyl/N-ethyl adjacent to an activating group) is 1. The quantitative estimate of drug-likeness (QED) is 0.898. The molecule has 0 radical (unpaired) electrons. The Hall–Kier alpha value is -1.01. The van der Waals surface area contributed by atoms with Crippen LogP contribution in [0.3, 0.4) is 0 Å². The Kier molecular flexibility index (Phi) is 4.03. The number of hydrogen-bond donors (Lipinski definition) is 1. The molecule has 0 aliphatic carbocycles. The van der Waals surface area contributed by atoms with E-state index in [2.05, 4.69) is 33.2 Å². The third-order valence-electron chi connectivity index (χ3n) is 4.48. The number of carbonyl (C=O) groups excluding carboxylic acids is 1. The zero-order valence-corrected chi connectivity index (χ0v) is 13.2. The van der Waals surface area contributed by atoms with Crippen molar-refractivity contribution in [3.05, 3.63) is 22.6 Å². The van der Waals surface area contributed by atoms with Crippen molar-refractivity contribution in [1.29, 1.82) is 0 Å². The number of nitrogens with one attached hydrogen (secondary N) is 1. The predicted molar refractivity (Wildman–Crippen MR) is 79.4 cm³/mol. The fourth-order valence-corrected chi connectivity index (χ4v) is 3.55. The van der Waals surface area contributed by atoms with Crippen molar-refractivity contribution in [3.63, 3.8) is 0 Å². The molecule has 1 aromatic rings. The molecule has 2 saturated heterocycles. The minimum atomic E-state index is 0.0125. The second-order valence-electron chi connectivity index (χ2n) is 5.65. The standard InChI is InChI=1S/C14H20BrN3O2/c1-17-10-2-3-11(17)9-18(7-6-10)14(19)16-8-12-4-5-13(15)20-12/h4-5,10-11H,2-3,6-9H2,1H3,(H,16,19). The van der Waals surface area contributed by atoms with Crippen molar-refractivity contribution in [1.82, 2.24) is 15.1 Å². The molecular formula is C14H20BrN3O2. The summed E-state index contributed by atoms with van der Waals surface area (Å²) in [4.78, 5) is 16.6. The van der Waals surface area contributed by atoms with Crippen LogP contribution in [0.4, 0.5) is 4.79 Å². The Morgan fingerprint density at radius 1 is 1.40 bits per heavy atom. The van der Waals surface area contributed by atoms with E-state index in [1.807, 2.05) is 17.0 Å². The van der Waals surface area contributed by atoms with Crippen molar-refractivity contribution in [2.75, 3.05) is 20.1 Å². The third-order valence-corrected chi connectivity index (χ3v) is 4.90. The van der Waals surface area contributed by atoms with Crippen LogP contribution in [0.15, 0.2) is 21.2 Å².